The molecular formula is C15H24O. The van der Waals surface area contributed by atoms with Crippen molar-refractivity contribution in [2.24, 2.45) is 28.6 Å². The first-order chi connectivity index (χ1) is 7.41. The highest BCUT2D eigenvalue weighted by Crippen LogP contribution is 2.77. The Labute approximate surface area is 98.9 Å². The Morgan fingerprint density at radius 1 is 1.00 bits per heavy atom. The van der Waals surface area contributed by atoms with Crippen molar-refractivity contribution in [3.8, 4) is 0 Å². The van der Waals surface area contributed by atoms with Gasteiger partial charge in [-0.25, -0.2) is 0 Å². The summed E-state index contributed by atoms with van der Waals surface area (Å²) < 4.78 is 6.09. The maximum absolute atomic E-state index is 6.09. The fraction of sp³-hybridized carbons (Fsp3) is 1.00. The van der Waals surface area contributed by atoms with Crippen molar-refractivity contribution < 1.29 is 4.74 Å². The van der Waals surface area contributed by atoms with Gasteiger partial charge in [-0.15, -0.1) is 0 Å². The van der Waals surface area contributed by atoms with E-state index in [0.29, 0.717) is 16.9 Å². The molecule has 6 atom stereocenters. The minimum Gasteiger partial charge on any atom is -0.366 e. The summed E-state index contributed by atoms with van der Waals surface area (Å²) in [4.78, 5) is 0. The Balaban J connectivity index is 1.85. The summed E-state index contributed by atoms with van der Waals surface area (Å²) in [6.07, 6.45) is 6.38. The molecule has 4 rings (SSSR count). The minimum absolute atomic E-state index is 0.263. The Hall–Kier alpha value is -0.0400. The van der Waals surface area contributed by atoms with Crippen LogP contribution in [0.25, 0.3) is 0 Å². The van der Waals surface area contributed by atoms with Gasteiger partial charge in [0.1, 0.15) is 0 Å². The molecule has 1 saturated heterocycles. The third-order valence-corrected chi connectivity index (χ3v) is 7.18. The van der Waals surface area contributed by atoms with Crippen molar-refractivity contribution in [1.82, 2.24) is 0 Å². The highest BCUT2D eigenvalue weighted by Gasteiger charge is 2.76. The van der Waals surface area contributed by atoms with Crippen LogP contribution < -0.4 is 0 Å². The molecule has 2 bridgehead atoms. The molecule has 1 aliphatic heterocycles. The van der Waals surface area contributed by atoms with Crippen LogP contribution >= 0.6 is 0 Å². The molecule has 0 aromatic rings. The largest absolute Gasteiger partial charge is 0.366 e. The molecule has 0 amide bonds. The number of hydrogen-bond acceptors (Lipinski definition) is 1. The predicted molar refractivity (Wildman–Crippen MR) is 64.1 cm³/mol. The quantitative estimate of drug-likeness (QED) is 0.568. The van der Waals surface area contributed by atoms with Crippen LogP contribution in [0, 0.1) is 28.6 Å². The van der Waals surface area contributed by atoms with Crippen LogP contribution in [0.1, 0.15) is 53.4 Å². The molecule has 4 fully saturated rings. The molecule has 4 aliphatic rings. The van der Waals surface area contributed by atoms with E-state index < -0.39 is 0 Å². The van der Waals surface area contributed by atoms with Gasteiger partial charge in [-0.1, -0.05) is 20.8 Å². The second-order valence-corrected chi connectivity index (χ2v) is 7.84. The topological polar surface area (TPSA) is 12.5 Å². The minimum atomic E-state index is 0.263. The summed E-state index contributed by atoms with van der Waals surface area (Å²) in [6.45, 7) is 9.93. The summed E-state index contributed by atoms with van der Waals surface area (Å²) in [5, 5.41) is 0. The fourth-order valence-corrected chi connectivity index (χ4v) is 6.21. The number of epoxide rings is 1. The van der Waals surface area contributed by atoms with Crippen molar-refractivity contribution >= 4 is 0 Å². The normalized spacial score (nSPS) is 65.2. The van der Waals surface area contributed by atoms with E-state index >= 15 is 0 Å². The van der Waals surface area contributed by atoms with E-state index in [1.54, 1.807) is 0 Å². The number of fused-ring (bicyclic) bond motifs is 3. The molecule has 3 saturated carbocycles. The molecule has 3 aliphatic carbocycles. The fourth-order valence-electron chi connectivity index (χ4n) is 6.21. The number of ether oxygens (including phenoxy) is 1. The smallest absolute Gasteiger partial charge is 0.0954 e. The van der Waals surface area contributed by atoms with Crippen molar-refractivity contribution in [2.75, 3.05) is 0 Å². The van der Waals surface area contributed by atoms with Gasteiger partial charge >= 0.3 is 0 Å². The maximum atomic E-state index is 6.09. The van der Waals surface area contributed by atoms with Gasteiger partial charge in [0.15, 0.2) is 0 Å². The van der Waals surface area contributed by atoms with Crippen molar-refractivity contribution in [1.29, 1.82) is 0 Å². The first-order valence-corrected chi connectivity index (χ1v) is 7.09. The summed E-state index contributed by atoms with van der Waals surface area (Å²) in [7, 11) is 0. The summed E-state index contributed by atoms with van der Waals surface area (Å²) in [5.41, 5.74) is 1.44. The van der Waals surface area contributed by atoms with Crippen molar-refractivity contribution in [2.45, 2.75) is 65.1 Å². The van der Waals surface area contributed by atoms with Gasteiger partial charge in [0.05, 0.1) is 11.7 Å². The van der Waals surface area contributed by atoms with Crippen LogP contribution in [0.2, 0.25) is 0 Å². The van der Waals surface area contributed by atoms with E-state index in [2.05, 4.69) is 27.7 Å². The van der Waals surface area contributed by atoms with E-state index in [9.17, 15) is 0 Å². The van der Waals surface area contributed by atoms with Gasteiger partial charge in [-0.05, 0) is 61.2 Å². The van der Waals surface area contributed by atoms with E-state index in [0.717, 1.165) is 17.8 Å². The highest BCUT2D eigenvalue weighted by molar-refractivity contribution is 5.24. The maximum Gasteiger partial charge on any atom is 0.0954 e. The van der Waals surface area contributed by atoms with Crippen LogP contribution in [0.3, 0.4) is 0 Å². The lowest BCUT2D eigenvalue weighted by Crippen LogP contribution is -2.36. The van der Waals surface area contributed by atoms with Crippen LogP contribution in [0.5, 0.6) is 0 Å². The summed E-state index contributed by atoms with van der Waals surface area (Å²) >= 11 is 0. The van der Waals surface area contributed by atoms with Gasteiger partial charge < -0.3 is 4.74 Å². The third-order valence-electron chi connectivity index (χ3n) is 7.18. The number of rotatable bonds is 0. The molecule has 1 heteroatoms. The van der Waals surface area contributed by atoms with Crippen LogP contribution in [-0.2, 0) is 4.74 Å². The van der Waals surface area contributed by atoms with Crippen LogP contribution in [0.15, 0.2) is 0 Å². The Bertz CT molecular complexity index is 356. The van der Waals surface area contributed by atoms with Gasteiger partial charge in [-0.2, -0.15) is 0 Å². The van der Waals surface area contributed by atoms with Crippen LogP contribution in [0.4, 0.5) is 0 Å². The SMILES string of the molecule is C[C@@H]1CC[C@@H]2C(C)(C)[C@H]3C[C@@]12C[C@H]1O[C@@]31C. The molecule has 0 N–H and O–H groups in total. The van der Waals surface area contributed by atoms with Gasteiger partial charge in [0.2, 0.25) is 0 Å². The van der Waals surface area contributed by atoms with E-state index in [-0.39, 0.29) is 5.60 Å². The third kappa shape index (κ3) is 0.805. The monoisotopic (exact) mass is 220 g/mol. The summed E-state index contributed by atoms with van der Waals surface area (Å²) in [6, 6.07) is 0. The molecule has 1 nitrogen and oxygen atoms in total. The van der Waals surface area contributed by atoms with Crippen LogP contribution in [-0.4, -0.2) is 11.7 Å². The number of hydrogen-bond donors (Lipinski definition) is 0. The molecule has 0 aromatic carbocycles. The lowest BCUT2D eigenvalue weighted by atomic mass is 9.66. The lowest BCUT2D eigenvalue weighted by Gasteiger charge is -2.37. The molecule has 0 radical (unpaired) electrons. The second-order valence-electron chi connectivity index (χ2n) is 7.84. The zero-order valence-electron chi connectivity index (χ0n) is 11.0. The first-order valence-electron chi connectivity index (χ1n) is 7.09. The van der Waals surface area contributed by atoms with E-state index in [1.165, 1.54) is 25.7 Å². The molecule has 1 heterocycles. The molecule has 1 spiro atoms. The molecule has 90 valence electrons. The predicted octanol–water partition coefficient (Wildman–Crippen LogP) is 3.63. The Morgan fingerprint density at radius 2 is 1.75 bits per heavy atom. The average molecular weight is 220 g/mol. The highest BCUT2D eigenvalue weighted by atomic mass is 16.6. The molecule has 0 unspecified atom stereocenters. The van der Waals surface area contributed by atoms with Gasteiger partial charge in [0, 0.05) is 0 Å². The molecular weight excluding hydrogens is 196 g/mol. The lowest BCUT2D eigenvalue weighted by molar-refractivity contribution is 0.0866. The standard InChI is InChI=1S/C15H24O/c1-9-5-6-10-13(2,3)11-7-15(9,10)8-12-14(11,4)16-12/h9-12H,5-8H2,1-4H3/t9-,10-,11-,12-,14+,15-/m1/s1. The Kier molecular flexibility index (Phi) is 1.48. The molecule has 16 heavy (non-hydrogen) atoms. The first kappa shape index (κ1) is 9.94. The zero-order valence-corrected chi connectivity index (χ0v) is 11.0. The van der Waals surface area contributed by atoms with Gasteiger partial charge in [-0.3, -0.25) is 0 Å². The van der Waals surface area contributed by atoms with Gasteiger partial charge in [0.25, 0.3) is 0 Å². The average Bonchev–Trinajstić information content (AvgIpc) is 2.67. The summed E-state index contributed by atoms with van der Waals surface area (Å²) in [5.74, 6) is 2.75. The van der Waals surface area contributed by atoms with Crippen molar-refractivity contribution in [3.05, 3.63) is 0 Å². The van der Waals surface area contributed by atoms with Crippen molar-refractivity contribution in [3.63, 3.8) is 0 Å². The van der Waals surface area contributed by atoms with E-state index in [1.807, 2.05) is 0 Å². The second kappa shape index (κ2) is 2.39. The van der Waals surface area contributed by atoms with E-state index in [4.69, 9.17) is 4.74 Å². The molecule has 0 aromatic heterocycles. The zero-order chi connectivity index (χ0) is 11.3. The Morgan fingerprint density at radius 3 is 2.50 bits per heavy atom.